The van der Waals surface area contributed by atoms with Crippen LogP contribution in [0.1, 0.15) is 12.5 Å². The summed E-state index contributed by atoms with van der Waals surface area (Å²) >= 11 is 0. The lowest BCUT2D eigenvalue weighted by molar-refractivity contribution is 0.577. The molecular formula is C11H13FN2O2S. The predicted octanol–water partition coefficient (Wildman–Crippen LogP) is 1.20. The molecule has 0 bridgehead atoms. The van der Waals surface area contributed by atoms with Crippen LogP contribution in [0.4, 0.5) is 4.39 Å². The van der Waals surface area contributed by atoms with E-state index in [1.54, 1.807) is 18.2 Å². The van der Waals surface area contributed by atoms with E-state index >= 15 is 0 Å². The van der Waals surface area contributed by atoms with Gasteiger partial charge in [0.05, 0.1) is 6.07 Å². The maximum Gasteiger partial charge on any atom is 0.227 e. The molecule has 1 aromatic carbocycles. The summed E-state index contributed by atoms with van der Waals surface area (Å²) in [4.78, 5) is 0. The molecule has 0 heterocycles. The van der Waals surface area contributed by atoms with E-state index in [9.17, 15) is 12.8 Å². The van der Waals surface area contributed by atoms with Crippen LogP contribution in [0.2, 0.25) is 0 Å². The van der Waals surface area contributed by atoms with Crippen molar-refractivity contribution in [1.82, 2.24) is 4.72 Å². The first-order chi connectivity index (χ1) is 7.95. The third kappa shape index (κ3) is 4.13. The van der Waals surface area contributed by atoms with E-state index in [-0.39, 0.29) is 12.4 Å². The smallest absolute Gasteiger partial charge is 0.214 e. The van der Waals surface area contributed by atoms with Crippen molar-refractivity contribution in [3.8, 4) is 6.07 Å². The highest BCUT2D eigenvalue weighted by atomic mass is 32.2. The highest BCUT2D eigenvalue weighted by Crippen LogP contribution is 2.04. The lowest BCUT2D eigenvalue weighted by Gasteiger charge is -2.07. The lowest BCUT2D eigenvalue weighted by atomic mass is 10.1. The maximum atomic E-state index is 12.8. The SMILES string of the molecule is CC(C#N)S(=O)(=O)NCCc1cccc(F)c1. The van der Waals surface area contributed by atoms with E-state index in [0.717, 1.165) is 0 Å². The number of rotatable bonds is 5. The highest BCUT2D eigenvalue weighted by Gasteiger charge is 2.18. The van der Waals surface area contributed by atoms with Crippen LogP contribution < -0.4 is 4.72 Å². The number of nitrogens with one attached hydrogen (secondary N) is 1. The number of sulfonamides is 1. The van der Waals surface area contributed by atoms with Crippen molar-refractivity contribution in [3.05, 3.63) is 35.6 Å². The number of halogens is 1. The van der Waals surface area contributed by atoms with Crippen molar-refractivity contribution in [2.24, 2.45) is 0 Å². The van der Waals surface area contributed by atoms with Gasteiger partial charge in [-0.3, -0.25) is 0 Å². The van der Waals surface area contributed by atoms with Gasteiger partial charge >= 0.3 is 0 Å². The van der Waals surface area contributed by atoms with Gasteiger partial charge in [0.2, 0.25) is 10.0 Å². The third-order valence-electron chi connectivity index (χ3n) is 2.25. The summed E-state index contributed by atoms with van der Waals surface area (Å²) in [5.41, 5.74) is 0.706. The minimum absolute atomic E-state index is 0.151. The molecule has 0 aromatic heterocycles. The molecule has 0 saturated heterocycles. The summed E-state index contributed by atoms with van der Waals surface area (Å²) in [7, 11) is -3.60. The zero-order chi connectivity index (χ0) is 12.9. The third-order valence-corrected chi connectivity index (χ3v) is 3.90. The van der Waals surface area contributed by atoms with E-state index in [1.165, 1.54) is 19.1 Å². The fourth-order valence-corrected chi connectivity index (χ4v) is 2.00. The number of benzene rings is 1. The minimum Gasteiger partial charge on any atom is -0.214 e. The summed E-state index contributed by atoms with van der Waals surface area (Å²) in [5, 5.41) is 7.42. The number of hydrogen-bond donors (Lipinski definition) is 1. The first-order valence-electron chi connectivity index (χ1n) is 5.08. The van der Waals surface area contributed by atoms with Crippen LogP contribution >= 0.6 is 0 Å². The van der Waals surface area contributed by atoms with Gasteiger partial charge in [0.15, 0.2) is 5.25 Å². The normalized spacial score (nSPS) is 13.0. The molecule has 6 heteroatoms. The van der Waals surface area contributed by atoms with Crippen molar-refractivity contribution in [3.63, 3.8) is 0 Å². The molecule has 0 aliphatic carbocycles. The fraction of sp³-hybridized carbons (Fsp3) is 0.364. The van der Waals surface area contributed by atoms with Crippen LogP contribution in [0.3, 0.4) is 0 Å². The largest absolute Gasteiger partial charge is 0.227 e. The lowest BCUT2D eigenvalue weighted by Crippen LogP contribution is -2.33. The van der Waals surface area contributed by atoms with E-state index < -0.39 is 15.3 Å². The zero-order valence-corrected chi connectivity index (χ0v) is 10.2. The Labute approximate surface area is 100 Å². The molecule has 0 saturated carbocycles. The first-order valence-corrected chi connectivity index (χ1v) is 6.63. The quantitative estimate of drug-likeness (QED) is 0.860. The van der Waals surface area contributed by atoms with E-state index in [4.69, 9.17) is 5.26 Å². The van der Waals surface area contributed by atoms with Crippen molar-refractivity contribution < 1.29 is 12.8 Å². The zero-order valence-electron chi connectivity index (χ0n) is 9.35. The van der Waals surface area contributed by atoms with E-state index in [2.05, 4.69) is 4.72 Å². The molecule has 92 valence electrons. The molecule has 1 atom stereocenters. The van der Waals surface area contributed by atoms with Gasteiger partial charge in [-0.1, -0.05) is 12.1 Å². The van der Waals surface area contributed by atoms with Gasteiger partial charge in [0, 0.05) is 6.54 Å². The Balaban J connectivity index is 2.52. The Hall–Kier alpha value is -1.45. The summed E-state index contributed by atoms with van der Waals surface area (Å²) < 4.78 is 38.0. The van der Waals surface area contributed by atoms with Gasteiger partial charge < -0.3 is 0 Å². The molecule has 1 aromatic rings. The molecular weight excluding hydrogens is 243 g/mol. The molecule has 0 aliphatic heterocycles. The van der Waals surface area contributed by atoms with Crippen molar-refractivity contribution in [2.45, 2.75) is 18.6 Å². The standard InChI is InChI=1S/C11H13FN2O2S/c1-9(8-13)17(15,16)14-6-5-10-3-2-4-11(12)7-10/h2-4,7,9,14H,5-6H2,1H3. The Morgan fingerprint density at radius 3 is 2.82 bits per heavy atom. The maximum absolute atomic E-state index is 12.8. The van der Waals surface area contributed by atoms with Crippen LogP contribution in [0.5, 0.6) is 0 Å². The Kier molecular flexibility index (Phi) is 4.61. The minimum atomic E-state index is -3.60. The monoisotopic (exact) mass is 256 g/mol. The van der Waals surface area contributed by atoms with E-state index in [0.29, 0.717) is 12.0 Å². The molecule has 0 spiro atoms. The molecule has 1 rings (SSSR count). The summed E-state index contributed by atoms with van der Waals surface area (Å²) in [5.74, 6) is -0.351. The fourth-order valence-electron chi connectivity index (χ4n) is 1.22. The second kappa shape index (κ2) is 5.75. The summed E-state index contributed by atoms with van der Waals surface area (Å²) in [6, 6.07) is 7.61. The van der Waals surface area contributed by atoms with Gasteiger partial charge in [0.25, 0.3) is 0 Å². The Morgan fingerprint density at radius 2 is 2.24 bits per heavy atom. The average Bonchev–Trinajstić information content (AvgIpc) is 2.27. The Bertz CT molecular complexity index is 523. The first kappa shape index (κ1) is 13.6. The number of hydrogen-bond acceptors (Lipinski definition) is 3. The molecule has 0 radical (unpaired) electrons. The second-order valence-corrected chi connectivity index (χ2v) is 5.68. The Morgan fingerprint density at radius 1 is 1.53 bits per heavy atom. The molecule has 0 aliphatic rings. The van der Waals surface area contributed by atoms with Crippen molar-refractivity contribution in [2.75, 3.05) is 6.54 Å². The topological polar surface area (TPSA) is 70.0 Å². The summed E-state index contributed by atoms with van der Waals surface area (Å²) in [6.07, 6.45) is 0.384. The van der Waals surface area contributed by atoms with Crippen LogP contribution in [-0.4, -0.2) is 20.2 Å². The molecule has 1 N–H and O–H groups in total. The number of nitriles is 1. The average molecular weight is 256 g/mol. The van der Waals surface area contributed by atoms with E-state index in [1.807, 2.05) is 0 Å². The molecule has 17 heavy (non-hydrogen) atoms. The molecule has 1 unspecified atom stereocenters. The van der Waals surface area contributed by atoms with Crippen LogP contribution in [-0.2, 0) is 16.4 Å². The molecule has 0 amide bonds. The predicted molar refractivity (Wildman–Crippen MR) is 62.1 cm³/mol. The van der Waals surface area contributed by atoms with Gasteiger partial charge in [-0.15, -0.1) is 0 Å². The van der Waals surface area contributed by atoms with Crippen LogP contribution in [0, 0.1) is 17.1 Å². The highest BCUT2D eigenvalue weighted by molar-refractivity contribution is 7.90. The number of nitrogens with zero attached hydrogens (tertiary/aromatic N) is 1. The van der Waals surface area contributed by atoms with Gasteiger partial charge in [-0.05, 0) is 31.0 Å². The van der Waals surface area contributed by atoms with Gasteiger partial charge in [0.1, 0.15) is 5.82 Å². The summed E-state index contributed by atoms with van der Waals surface area (Å²) in [6.45, 7) is 1.46. The van der Waals surface area contributed by atoms with Gasteiger partial charge in [-0.2, -0.15) is 5.26 Å². The second-order valence-electron chi connectivity index (χ2n) is 3.59. The molecule has 0 fully saturated rings. The van der Waals surface area contributed by atoms with Crippen LogP contribution in [0.25, 0.3) is 0 Å². The van der Waals surface area contributed by atoms with Crippen molar-refractivity contribution >= 4 is 10.0 Å². The molecule has 4 nitrogen and oxygen atoms in total. The van der Waals surface area contributed by atoms with Crippen LogP contribution in [0.15, 0.2) is 24.3 Å². The van der Waals surface area contributed by atoms with Gasteiger partial charge in [-0.25, -0.2) is 17.5 Å². The van der Waals surface area contributed by atoms with Crippen molar-refractivity contribution in [1.29, 1.82) is 5.26 Å².